The van der Waals surface area contributed by atoms with Gasteiger partial charge in [-0.15, -0.1) is 0 Å². The van der Waals surface area contributed by atoms with Gasteiger partial charge < -0.3 is 14.8 Å². The predicted octanol–water partition coefficient (Wildman–Crippen LogP) is 1.50. The first kappa shape index (κ1) is 15.9. The Morgan fingerprint density at radius 3 is 2.83 bits per heavy atom. The van der Waals surface area contributed by atoms with Gasteiger partial charge in [-0.3, -0.25) is 4.90 Å². The summed E-state index contributed by atoms with van der Waals surface area (Å²) in [5.74, 6) is 0. The molecule has 1 saturated heterocycles. The van der Waals surface area contributed by atoms with Crippen LogP contribution >= 0.6 is 0 Å². The molecular weight excluding hydrogens is 228 g/mol. The van der Waals surface area contributed by atoms with E-state index in [9.17, 15) is 0 Å². The molecule has 1 heterocycles. The fourth-order valence-electron chi connectivity index (χ4n) is 2.42. The third-order valence-electron chi connectivity index (χ3n) is 3.71. The molecule has 0 aromatic carbocycles. The third kappa shape index (κ3) is 5.65. The highest BCUT2D eigenvalue weighted by molar-refractivity contribution is 4.78. The van der Waals surface area contributed by atoms with Crippen LogP contribution < -0.4 is 5.32 Å². The van der Waals surface area contributed by atoms with Gasteiger partial charge in [0.25, 0.3) is 0 Å². The van der Waals surface area contributed by atoms with Gasteiger partial charge in [-0.25, -0.2) is 0 Å². The van der Waals surface area contributed by atoms with E-state index in [-0.39, 0.29) is 5.60 Å². The summed E-state index contributed by atoms with van der Waals surface area (Å²) in [4.78, 5) is 2.44. The van der Waals surface area contributed by atoms with Gasteiger partial charge in [0.1, 0.15) is 0 Å². The fourth-order valence-corrected chi connectivity index (χ4v) is 2.42. The Kier molecular flexibility index (Phi) is 6.57. The van der Waals surface area contributed by atoms with Gasteiger partial charge in [-0.1, -0.05) is 6.92 Å². The summed E-state index contributed by atoms with van der Waals surface area (Å²) < 4.78 is 11.2. The van der Waals surface area contributed by atoms with E-state index in [1.54, 1.807) is 7.11 Å². The molecule has 0 aromatic heterocycles. The molecule has 0 radical (unpaired) electrons. The van der Waals surface area contributed by atoms with Crippen LogP contribution in [0.2, 0.25) is 0 Å². The Balaban J connectivity index is 2.23. The van der Waals surface area contributed by atoms with Crippen molar-refractivity contribution in [2.75, 3.05) is 39.9 Å². The first-order valence-corrected chi connectivity index (χ1v) is 7.09. The molecule has 1 fully saturated rings. The van der Waals surface area contributed by atoms with Crippen molar-refractivity contribution >= 4 is 0 Å². The number of nitrogens with zero attached hydrogens (tertiary/aromatic N) is 1. The van der Waals surface area contributed by atoms with Gasteiger partial charge >= 0.3 is 0 Å². The highest BCUT2D eigenvalue weighted by Gasteiger charge is 2.22. The Morgan fingerprint density at radius 2 is 2.22 bits per heavy atom. The Labute approximate surface area is 112 Å². The topological polar surface area (TPSA) is 33.7 Å². The van der Waals surface area contributed by atoms with Gasteiger partial charge in [0, 0.05) is 32.8 Å². The normalized spacial score (nSPS) is 24.2. The van der Waals surface area contributed by atoms with Gasteiger partial charge in [-0.2, -0.15) is 0 Å². The SMILES string of the molecule is CCN1CCOC(CNC(C)CC(C)(C)OC)C1. The van der Waals surface area contributed by atoms with Crippen LogP contribution in [0.25, 0.3) is 0 Å². The summed E-state index contributed by atoms with van der Waals surface area (Å²) in [7, 11) is 1.77. The molecule has 1 aliphatic rings. The van der Waals surface area contributed by atoms with Crippen LogP contribution in [0.3, 0.4) is 0 Å². The molecule has 4 heteroatoms. The predicted molar refractivity (Wildman–Crippen MR) is 75.0 cm³/mol. The molecule has 108 valence electrons. The van der Waals surface area contributed by atoms with E-state index < -0.39 is 0 Å². The highest BCUT2D eigenvalue weighted by Crippen LogP contribution is 2.15. The van der Waals surface area contributed by atoms with E-state index in [2.05, 4.69) is 37.9 Å². The minimum Gasteiger partial charge on any atom is -0.379 e. The van der Waals surface area contributed by atoms with Crippen molar-refractivity contribution in [3.05, 3.63) is 0 Å². The van der Waals surface area contributed by atoms with Crippen molar-refractivity contribution in [2.45, 2.75) is 51.9 Å². The summed E-state index contributed by atoms with van der Waals surface area (Å²) >= 11 is 0. The van der Waals surface area contributed by atoms with E-state index in [1.807, 2.05) is 0 Å². The van der Waals surface area contributed by atoms with E-state index in [0.29, 0.717) is 12.1 Å². The summed E-state index contributed by atoms with van der Waals surface area (Å²) in [5, 5.41) is 3.56. The summed E-state index contributed by atoms with van der Waals surface area (Å²) in [6, 6.07) is 0.445. The Morgan fingerprint density at radius 1 is 1.50 bits per heavy atom. The second-order valence-electron chi connectivity index (χ2n) is 5.86. The van der Waals surface area contributed by atoms with Crippen LogP contribution in [0.1, 0.15) is 34.1 Å². The minimum absolute atomic E-state index is 0.0602. The molecule has 0 spiro atoms. The molecule has 2 atom stereocenters. The average molecular weight is 258 g/mol. The lowest BCUT2D eigenvalue weighted by Crippen LogP contribution is -2.48. The first-order valence-electron chi connectivity index (χ1n) is 7.09. The Hall–Kier alpha value is -0.160. The lowest BCUT2D eigenvalue weighted by Gasteiger charge is -2.33. The lowest BCUT2D eigenvalue weighted by molar-refractivity contribution is -0.0291. The second kappa shape index (κ2) is 7.43. The fraction of sp³-hybridized carbons (Fsp3) is 1.00. The maximum Gasteiger partial charge on any atom is 0.0826 e. The van der Waals surface area contributed by atoms with E-state index in [0.717, 1.165) is 39.2 Å². The van der Waals surface area contributed by atoms with E-state index in [4.69, 9.17) is 9.47 Å². The van der Waals surface area contributed by atoms with Crippen molar-refractivity contribution in [1.29, 1.82) is 0 Å². The number of hydrogen-bond donors (Lipinski definition) is 1. The molecule has 0 aromatic rings. The maximum atomic E-state index is 5.78. The molecular formula is C14H30N2O2. The van der Waals surface area contributed by atoms with Gasteiger partial charge in [0.15, 0.2) is 0 Å². The van der Waals surface area contributed by atoms with Crippen LogP contribution in [0.4, 0.5) is 0 Å². The van der Waals surface area contributed by atoms with Gasteiger partial charge in [0.05, 0.1) is 18.3 Å². The number of likely N-dealkylation sites (N-methyl/N-ethyl adjacent to an activating group) is 1. The average Bonchev–Trinajstić information content (AvgIpc) is 2.36. The van der Waals surface area contributed by atoms with Crippen LogP contribution in [0, 0.1) is 0 Å². The molecule has 0 aliphatic carbocycles. The molecule has 1 aliphatic heterocycles. The second-order valence-corrected chi connectivity index (χ2v) is 5.86. The molecule has 18 heavy (non-hydrogen) atoms. The minimum atomic E-state index is -0.0602. The summed E-state index contributed by atoms with van der Waals surface area (Å²) in [6.45, 7) is 13.7. The van der Waals surface area contributed by atoms with Gasteiger partial charge in [0.2, 0.25) is 0 Å². The summed E-state index contributed by atoms with van der Waals surface area (Å²) in [5.41, 5.74) is -0.0602. The smallest absolute Gasteiger partial charge is 0.0826 e. The number of rotatable bonds is 7. The van der Waals surface area contributed by atoms with E-state index >= 15 is 0 Å². The van der Waals surface area contributed by atoms with Crippen molar-refractivity contribution in [3.8, 4) is 0 Å². The number of methoxy groups -OCH3 is 1. The molecule has 0 saturated carbocycles. The standard InChI is InChI=1S/C14H30N2O2/c1-6-16-7-8-18-13(11-16)10-15-12(2)9-14(3,4)17-5/h12-13,15H,6-11H2,1-5H3. The number of morpholine rings is 1. The largest absolute Gasteiger partial charge is 0.379 e. The number of nitrogens with one attached hydrogen (secondary N) is 1. The van der Waals surface area contributed by atoms with Crippen LogP contribution in [-0.2, 0) is 9.47 Å². The molecule has 0 bridgehead atoms. The highest BCUT2D eigenvalue weighted by atomic mass is 16.5. The maximum absolute atomic E-state index is 5.78. The van der Waals surface area contributed by atoms with Crippen LogP contribution in [0.5, 0.6) is 0 Å². The van der Waals surface area contributed by atoms with Crippen LogP contribution in [-0.4, -0.2) is 62.5 Å². The third-order valence-corrected chi connectivity index (χ3v) is 3.71. The number of ether oxygens (including phenoxy) is 2. The molecule has 1 N–H and O–H groups in total. The molecule has 0 amide bonds. The van der Waals surface area contributed by atoms with Crippen molar-refractivity contribution in [3.63, 3.8) is 0 Å². The van der Waals surface area contributed by atoms with E-state index in [1.165, 1.54) is 0 Å². The first-order chi connectivity index (χ1) is 8.46. The van der Waals surface area contributed by atoms with Crippen molar-refractivity contribution < 1.29 is 9.47 Å². The summed E-state index contributed by atoms with van der Waals surface area (Å²) in [6.07, 6.45) is 1.33. The molecule has 1 rings (SSSR count). The van der Waals surface area contributed by atoms with Crippen LogP contribution in [0.15, 0.2) is 0 Å². The zero-order valence-corrected chi connectivity index (χ0v) is 12.7. The number of hydrogen-bond acceptors (Lipinski definition) is 4. The zero-order valence-electron chi connectivity index (χ0n) is 12.7. The molecule has 2 unspecified atom stereocenters. The Bertz CT molecular complexity index is 234. The van der Waals surface area contributed by atoms with Crippen molar-refractivity contribution in [2.24, 2.45) is 0 Å². The van der Waals surface area contributed by atoms with Gasteiger partial charge in [-0.05, 0) is 33.7 Å². The molecule has 4 nitrogen and oxygen atoms in total. The lowest BCUT2D eigenvalue weighted by atomic mass is 10.00. The quantitative estimate of drug-likeness (QED) is 0.750. The zero-order chi connectivity index (χ0) is 13.6. The monoisotopic (exact) mass is 258 g/mol. The van der Waals surface area contributed by atoms with Crippen molar-refractivity contribution in [1.82, 2.24) is 10.2 Å².